The highest BCUT2D eigenvalue weighted by molar-refractivity contribution is 6.42. The molecule has 2 aliphatic heterocycles. The summed E-state index contributed by atoms with van der Waals surface area (Å²) in [6, 6.07) is 4.28. The van der Waals surface area contributed by atoms with Gasteiger partial charge in [-0.25, -0.2) is 9.79 Å². The van der Waals surface area contributed by atoms with Crippen LogP contribution in [-0.4, -0.2) is 76.7 Å². The fourth-order valence-electron chi connectivity index (χ4n) is 4.43. The van der Waals surface area contributed by atoms with Crippen LogP contribution in [-0.2, 0) is 11.3 Å². The number of aliphatic imine (C=N–C) groups is 1. The molecule has 1 aromatic rings. The molecule has 3 amide bonds. The summed E-state index contributed by atoms with van der Waals surface area (Å²) in [7, 11) is 3.47. The number of carbonyl (C=O) groups excluding carboxylic acids is 2. The summed E-state index contributed by atoms with van der Waals surface area (Å²) in [5, 5.41) is 13.6. The second-order valence-corrected chi connectivity index (χ2v) is 9.01. The second kappa shape index (κ2) is 8.24. The Morgan fingerprint density at radius 3 is 2.60 bits per heavy atom. The monoisotopic (exact) mass is 453 g/mol. The minimum Gasteiger partial charge on any atom is -0.396 e. The van der Waals surface area contributed by atoms with Crippen LogP contribution >= 0.6 is 23.2 Å². The predicted octanol–water partition coefficient (Wildman–Crippen LogP) is 2.13. The van der Waals surface area contributed by atoms with Gasteiger partial charge in [0.1, 0.15) is 0 Å². The molecule has 162 valence electrons. The first-order chi connectivity index (χ1) is 14.3. The first-order valence-corrected chi connectivity index (χ1v) is 10.8. The highest BCUT2D eigenvalue weighted by Crippen LogP contribution is 2.30. The molecule has 4 atom stereocenters. The van der Waals surface area contributed by atoms with Crippen LogP contribution in [0.25, 0.3) is 0 Å². The molecule has 30 heavy (non-hydrogen) atoms. The molecule has 0 bridgehead atoms. The van der Waals surface area contributed by atoms with Crippen molar-refractivity contribution in [3.63, 3.8) is 0 Å². The van der Waals surface area contributed by atoms with Gasteiger partial charge in [-0.05, 0) is 42.9 Å². The van der Waals surface area contributed by atoms with E-state index in [1.54, 1.807) is 25.2 Å². The first kappa shape index (κ1) is 21.2. The molecular weight excluding hydrogens is 429 g/mol. The summed E-state index contributed by atoms with van der Waals surface area (Å²) in [5.41, 5.74) is 0.721. The van der Waals surface area contributed by atoms with Gasteiger partial charge >= 0.3 is 6.03 Å². The van der Waals surface area contributed by atoms with Crippen molar-refractivity contribution in [1.82, 2.24) is 20.0 Å². The number of guanidine groups is 1. The van der Waals surface area contributed by atoms with Crippen LogP contribution in [0.4, 0.5) is 4.79 Å². The molecule has 1 saturated heterocycles. The number of carbonyl (C=O) groups is 2. The number of benzene rings is 1. The topological polar surface area (TPSA) is 88.5 Å². The number of amides is 3. The number of hydrogen-bond acceptors (Lipinski definition) is 6. The summed E-state index contributed by atoms with van der Waals surface area (Å²) >= 11 is 12.1. The fourth-order valence-corrected chi connectivity index (χ4v) is 4.75. The summed E-state index contributed by atoms with van der Waals surface area (Å²) in [4.78, 5) is 35.3. The number of aliphatic hydroxyl groups excluding tert-OH is 1. The second-order valence-electron chi connectivity index (χ2n) is 8.19. The normalized spacial score (nSPS) is 28.8. The molecule has 3 aliphatic rings. The summed E-state index contributed by atoms with van der Waals surface area (Å²) in [5.74, 6) is 0.611. The van der Waals surface area contributed by atoms with Gasteiger partial charge in [0.15, 0.2) is 18.2 Å². The molecule has 2 fully saturated rings. The molecule has 0 spiro atoms. The number of urea groups is 1. The molecule has 2 heterocycles. The van der Waals surface area contributed by atoms with Gasteiger partial charge in [-0.1, -0.05) is 29.3 Å². The molecule has 4 rings (SSSR count). The number of nitrogens with one attached hydrogen (secondary N) is 1. The van der Waals surface area contributed by atoms with Crippen molar-refractivity contribution in [1.29, 1.82) is 0 Å². The highest BCUT2D eigenvalue weighted by atomic mass is 35.5. The van der Waals surface area contributed by atoms with E-state index in [4.69, 9.17) is 23.2 Å². The smallest absolute Gasteiger partial charge is 0.328 e. The van der Waals surface area contributed by atoms with Crippen molar-refractivity contribution in [2.75, 3.05) is 20.7 Å². The maximum atomic E-state index is 13.3. The third-order valence-electron chi connectivity index (χ3n) is 6.19. The van der Waals surface area contributed by atoms with Crippen LogP contribution in [0.15, 0.2) is 23.2 Å². The summed E-state index contributed by atoms with van der Waals surface area (Å²) in [6.07, 6.45) is 2.20. The average molecular weight is 454 g/mol. The lowest BCUT2D eigenvalue weighted by Gasteiger charge is -2.40. The van der Waals surface area contributed by atoms with Gasteiger partial charge in [0.2, 0.25) is 0 Å². The number of halogens is 2. The van der Waals surface area contributed by atoms with E-state index in [1.807, 2.05) is 11.9 Å². The molecule has 2 N–H and O–H groups in total. The zero-order valence-corrected chi connectivity index (χ0v) is 18.4. The minimum atomic E-state index is -0.590. The van der Waals surface area contributed by atoms with Gasteiger partial charge in [0.05, 0.1) is 16.6 Å². The van der Waals surface area contributed by atoms with E-state index in [-0.39, 0.29) is 25.1 Å². The van der Waals surface area contributed by atoms with Crippen LogP contribution in [0.1, 0.15) is 24.8 Å². The minimum absolute atomic E-state index is 0.111. The highest BCUT2D eigenvalue weighted by Gasteiger charge is 2.51. The Labute approximate surface area is 185 Å². The number of hydrogen-bond donors (Lipinski definition) is 2. The van der Waals surface area contributed by atoms with Crippen LogP contribution < -0.4 is 5.32 Å². The average Bonchev–Trinajstić information content (AvgIpc) is 3.31. The van der Waals surface area contributed by atoms with E-state index >= 15 is 0 Å². The maximum Gasteiger partial charge on any atom is 0.328 e. The van der Waals surface area contributed by atoms with Gasteiger partial charge in [0, 0.05) is 26.7 Å². The molecule has 1 saturated carbocycles. The van der Waals surface area contributed by atoms with Crippen molar-refractivity contribution in [3.8, 4) is 0 Å². The molecular formula is C20H25Cl2N5O3. The zero-order chi connectivity index (χ0) is 21.6. The molecule has 10 heteroatoms. The molecule has 8 nitrogen and oxygen atoms in total. The van der Waals surface area contributed by atoms with E-state index in [1.165, 1.54) is 9.80 Å². The number of imide groups is 1. The summed E-state index contributed by atoms with van der Waals surface area (Å²) in [6.45, 7) is 0.296. The first-order valence-electron chi connectivity index (χ1n) is 10.00. The number of aliphatic hydroxyl groups is 1. The Balaban J connectivity index is 1.51. The van der Waals surface area contributed by atoms with Gasteiger partial charge in [0.25, 0.3) is 5.91 Å². The third kappa shape index (κ3) is 3.72. The van der Waals surface area contributed by atoms with Gasteiger partial charge < -0.3 is 20.2 Å². The van der Waals surface area contributed by atoms with Crippen molar-refractivity contribution >= 4 is 41.1 Å². The Morgan fingerprint density at radius 1 is 1.17 bits per heavy atom. The van der Waals surface area contributed by atoms with Gasteiger partial charge in [-0.15, -0.1) is 0 Å². The van der Waals surface area contributed by atoms with Crippen molar-refractivity contribution in [2.45, 2.75) is 44.1 Å². The third-order valence-corrected chi connectivity index (χ3v) is 6.93. The number of fused-ring (bicyclic) bond motifs is 1. The van der Waals surface area contributed by atoms with Crippen molar-refractivity contribution < 1.29 is 14.7 Å². The molecule has 1 aliphatic carbocycles. The van der Waals surface area contributed by atoms with Gasteiger partial charge in [-0.2, -0.15) is 0 Å². The Kier molecular flexibility index (Phi) is 5.83. The SMILES string of the molecule is CN1C(=O)N(Cc2ccc(Cl)c(Cl)c2)C(=O)C2C1N=C(N[C@@H]1CC[C@@H](CO)C1)N2C. The van der Waals surface area contributed by atoms with E-state index in [9.17, 15) is 14.7 Å². The van der Waals surface area contributed by atoms with Crippen LogP contribution in [0.3, 0.4) is 0 Å². The lowest BCUT2D eigenvalue weighted by atomic mass is 10.1. The van der Waals surface area contributed by atoms with Crippen LogP contribution in [0.5, 0.6) is 0 Å². The van der Waals surface area contributed by atoms with Crippen LogP contribution in [0, 0.1) is 5.92 Å². The molecule has 1 aromatic carbocycles. The molecule has 2 unspecified atom stereocenters. The van der Waals surface area contributed by atoms with E-state index < -0.39 is 18.2 Å². The van der Waals surface area contributed by atoms with Crippen molar-refractivity contribution in [2.24, 2.45) is 10.9 Å². The Bertz CT molecular complexity index is 895. The lowest BCUT2D eigenvalue weighted by Crippen LogP contribution is -2.64. The van der Waals surface area contributed by atoms with E-state index in [0.29, 0.717) is 21.9 Å². The Hall–Kier alpha value is -2.03. The lowest BCUT2D eigenvalue weighted by molar-refractivity contribution is -0.137. The fraction of sp³-hybridized carbons (Fsp3) is 0.550. The number of nitrogens with zero attached hydrogens (tertiary/aromatic N) is 4. The molecule has 0 radical (unpaired) electrons. The van der Waals surface area contributed by atoms with Gasteiger partial charge in [-0.3, -0.25) is 9.69 Å². The number of likely N-dealkylation sites (N-methyl/N-ethyl adjacent to an activating group) is 2. The van der Waals surface area contributed by atoms with E-state index in [0.717, 1.165) is 24.8 Å². The maximum absolute atomic E-state index is 13.3. The zero-order valence-electron chi connectivity index (χ0n) is 16.9. The Morgan fingerprint density at radius 2 is 1.93 bits per heavy atom. The predicted molar refractivity (Wildman–Crippen MR) is 114 cm³/mol. The largest absolute Gasteiger partial charge is 0.396 e. The quantitative estimate of drug-likeness (QED) is 0.728. The summed E-state index contributed by atoms with van der Waals surface area (Å²) < 4.78 is 0. The van der Waals surface area contributed by atoms with Crippen LogP contribution in [0.2, 0.25) is 10.0 Å². The molecule has 0 aromatic heterocycles. The van der Waals surface area contributed by atoms with Crippen molar-refractivity contribution in [3.05, 3.63) is 33.8 Å². The van der Waals surface area contributed by atoms with E-state index in [2.05, 4.69) is 10.3 Å². The standard InChI is InChI=1S/C20H25Cl2N5O3/c1-25-16-17(24-19(25)23-13-5-3-12(7-13)10-28)26(2)20(30)27(18(16)29)9-11-4-6-14(21)15(22)8-11/h4,6,8,12-13,16-17,28H,3,5,7,9-10H2,1-2H3,(H,23,24)/t12-,13-,16?,17?/m1/s1. The number of rotatable bonds is 4.